The maximum Gasteiger partial charge on any atom is 0.124 e. The van der Waals surface area contributed by atoms with E-state index in [1.807, 2.05) is 37.3 Å². The van der Waals surface area contributed by atoms with Crippen molar-refractivity contribution in [3.8, 4) is 0 Å². The van der Waals surface area contributed by atoms with Gasteiger partial charge < -0.3 is 10.4 Å². The van der Waals surface area contributed by atoms with Gasteiger partial charge in [0, 0.05) is 17.1 Å². The molecule has 0 bridgehead atoms. The molecule has 2 unspecified atom stereocenters. The molecule has 0 aliphatic rings. The highest BCUT2D eigenvalue weighted by atomic mass is 35.5. The van der Waals surface area contributed by atoms with Crippen LogP contribution in [-0.2, 0) is 6.42 Å². The van der Waals surface area contributed by atoms with Crippen LogP contribution >= 0.6 is 11.6 Å². The van der Waals surface area contributed by atoms with Crippen LogP contribution in [0.1, 0.15) is 24.1 Å². The zero-order valence-corrected chi connectivity index (χ0v) is 12.6. The third-order valence-electron chi connectivity index (χ3n) is 3.46. The largest absolute Gasteiger partial charge is 0.395 e. The minimum atomic E-state index is -0.348. The molecule has 0 saturated heterocycles. The lowest BCUT2D eigenvalue weighted by molar-refractivity contribution is 0.232. The van der Waals surface area contributed by atoms with Crippen LogP contribution in [0.15, 0.2) is 48.5 Å². The van der Waals surface area contributed by atoms with Gasteiger partial charge in [-0.1, -0.05) is 48.0 Å². The van der Waals surface area contributed by atoms with Crippen molar-refractivity contribution >= 4 is 11.6 Å². The lowest BCUT2D eigenvalue weighted by Gasteiger charge is -2.23. The minimum Gasteiger partial charge on any atom is -0.395 e. The van der Waals surface area contributed by atoms with Crippen molar-refractivity contribution in [2.24, 2.45) is 0 Å². The highest BCUT2D eigenvalue weighted by Gasteiger charge is 2.15. The van der Waals surface area contributed by atoms with Gasteiger partial charge in [0.2, 0.25) is 0 Å². The summed E-state index contributed by atoms with van der Waals surface area (Å²) in [6.45, 7) is 1.98. The molecule has 0 amide bonds. The van der Waals surface area contributed by atoms with Gasteiger partial charge in [-0.3, -0.25) is 0 Å². The summed E-state index contributed by atoms with van der Waals surface area (Å²) in [7, 11) is 0. The summed E-state index contributed by atoms with van der Waals surface area (Å²) in [5, 5.41) is 13.3. The van der Waals surface area contributed by atoms with Crippen LogP contribution < -0.4 is 5.32 Å². The SMILES string of the molecule is CC(NC(CO)Cc1ccccc1)c1ccc(F)cc1Cl. The number of hydrogen-bond donors (Lipinski definition) is 2. The maximum absolute atomic E-state index is 13.1. The lowest BCUT2D eigenvalue weighted by atomic mass is 10.0. The van der Waals surface area contributed by atoms with Gasteiger partial charge in [0.1, 0.15) is 5.82 Å². The Kier molecular flexibility index (Phi) is 5.74. The molecule has 0 aliphatic carbocycles. The molecule has 0 fully saturated rings. The fourth-order valence-electron chi connectivity index (χ4n) is 2.37. The summed E-state index contributed by atoms with van der Waals surface area (Å²) in [6.07, 6.45) is 0.723. The van der Waals surface area contributed by atoms with Crippen molar-refractivity contribution in [2.45, 2.75) is 25.4 Å². The first-order chi connectivity index (χ1) is 10.1. The molecule has 0 spiro atoms. The van der Waals surface area contributed by atoms with E-state index in [1.54, 1.807) is 6.07 Å². The Hall–Kier alpha value is -1.42. The summed E-state index contributed by atoms with van der Waals surface area (Å²) in [5.41, 5.74) is 1.98. The Morgan fingerprint density at radius 3 is 2.52 bits per heavy atom. The van der Waals surface area contributed by atoms with Crippen LogP contribution in [0.5, 0.6) is 0 Å². The second-order valence-corrected chi connectivity index (χ2v) is 5.53. The quantitative estimate of drug-likeness (QED) is 0.852. The van der Waals surface area contributed by atoms with Gasteiger partial charge in [0.05, 0.1) is 6.61 Å². The normalized spacial score (nSPS) is 13.9. The molecule has 0 radical (unpaired) electrons. The third kappa shape index (κ3) is 4.53. The number of rotatable bonds is 6. The summed E-state index contributed by atoms with van der Waals surface area (Å²) >= 11 is 6.07. The first-order valence-electron chi connectivity index (χ1n) is 6.96. The first kappa shape index (κ1) is 16.0. The van der Waals surface area contributed by atoms with Crippen LogP contribution in [-0.4, -0.2) is 17.8 Å². The topological polar surface area (TPSA) is 32.3 Å². The molecule has 2 aromatic rings. The molecule has 0 heterocycles. The Bertz CT molecular complexity index is 576. The van der Waals surface area contributed by atoms with Crippen LogP contribution in [0.3, 0.4) is 0 Å². The summed E-state index contributed by atoms with van der Waals surface area (Å²) in [5.74, 6) is -0.348. The van der Waals surface area contributed by atoms with Crippen molar-refractivity contribution in [1.29, 1.82) is 0 Å². The van der Waals surface area contributed by atoms with Gasteiger partial charge in [-0.05, 0) is 36.6 Å². The molecule has 2 atom stereocenters. The number of aliphatic hydroxyl groups excluding tert-OH is 1. The summed E-state index contributed by atoms with van der Waals surface area (Å²) < 4.78 is 13.1. The molecule has 2 nitrogen and oxygen atoms in total. The van der Waals surface area contributed by atoms with E-state index in [4.69, 9.17) is 11.6 Å². The molecular formula is C17H19ClFNO. The Labute approximate surface area is 129 Å². The van der Waals surface area contributed by atoms with E-state index in [1.165, 1.54) is 12.1 Å². The Balaban J connectivity index is 2.04. The van der Waals surface area contributed by atoms with Crippen LogP contribution in [0.25, 0.3) is 0 Å². The van der Waals surface area contributed by atoms with Gasteiger partial charge in [-0.15, -0.1) is 0 Å². The van der Waals surface area contributed by atoms with Gasteiger partial charge >= 0.3 is 0 Å². The Morgan fingerprint density at radius 2 is 1.90 bits per heavy atom. The average molecular weight is 308 g/mol. The van der Waals surface area contributed by atoms with Crippen LogP contribution in [0, 0.1) is 5.82 Å². The fraction of sp³-hybridized carbons (Fsp3) is 0.294. The van der Waals surface area contributed by atoms with Gasteiger partial charge in [0.15, 0.2) is 0 Å². The molecule has 21 heavy (non-hydrogen) atoms. The predicted octanol–water partition coefficient (Wildman–Crippen LogP) is 3.73. The van der Waals surface area contributed by atoms with E-state index in [-0.39, 0.29) is 24.5 Å². The van der Waals surface area contributed by atoms with E-state index < -0.39 is 0 Å². The molecule has 0 aromatic heterocycles. The second kappa shape index (κ2) is 7.55. The van der Waals surface area contributed by atoms with Crippen LogP contribution in [0.2, 0.25) is 5.02 Å². The third-order valence-corrected chi connectivity index (χ3v) is 3.79. The number of nitrogens with one attached hydrogen (secondary N) is 1. The van der Waals surface area contributed by atoms with Crippen molar-refractivity contribution in [3.63, 3.8) is 0 Å². The fourth-order valence-corrected chi connectivity index (χ4v) is 2.70. The van der Waals surface area contributed by atoms with E-state index in [9.17, 15) is 9.50 Å². The monoisotopic (exact) mass is 307 g/mol. The number of halogens is 2. The zero-order valence-electron chi connectivity index (χ0n) is 11.9. The molecule has 4 heteroatoms. The highest BCUT2D eigenvalue weighted by Crippen LogP contribution is 2.24. The number of benzene rings is 2. The maximum atomic E-state index is 13.1. The van der Waals surface area contributed by atoms with Gasteiger partial charge in [-0.25, -0.2) is 4.39 Å². The molecular weight excluding hydrogens is 289 g/mol. The molecule has 0 saturated carbocycles. The van der Waals surface area contributed by atoms with Gasteiger partial charge in [0.25, 0.3) is 0 Å². The van der Waals surface area contributed by atoms with Crippen molar-refractivity contribution in [2.75, 3.05) is 6.61 Å². The van der Waals surface area contributed by atoms with E-state index >= 15 is 0 Å². The standard InChI is InChI=1S/C17H19ClFNO/c1-12(16-8-7-14(19)10-17(16)18)20-15(11-21)9-13-5-3-2-4-6-13/h2-8,10,12,15,20-21H,9,11H2,1H3. The highest BCUT2D eigenvalue weighted by molar-refractivity contribution is 6.31. The first-order valence-corrected chi connectivity index (χ1v) is 7.33. The van der Waals surface area contributed by atoms with E-state index in [0.29, 0.717) is 5.02 Å². The molecule has 2 rings (SSSR count). The molecule has 0 aliphatic heterocycles. The predicted molar refractivity (Wildman–Crippen MR) is 84.0 cm³/mol. The van der Waals surface area contributed by atoms with Gasteiger partial charge in [-0.2, -0.15) is 0 Å². The zero-order chi connectivity index (χ0) is 15.2. The average Bonchev–Trinajstić information content (AvgIpc) is 2.47. The van der Waals surface area contributed by atoms with Crippen molar-refractivity contribution in [1.82, 2.24) is 5.32 Å². The van der Waals surface area contributed by atoms with Crippen molar-refractivity contribution in [3.05, 3.63) is 70.5 Å². The smallest absolute Gasteiger partial charge is 0.124 e. The molecule has 2 N–H and O–H groups in total. The second-order valence-electron chi connectivity index (χ2n) is 5.12. The summed E-state index contributed by atoms with van der Waals surface area (Å²) in [4.78, 5) is 0. The number of aliphatic hydroxyl groups is 1. The van der Waals surface area contributed by atoms with E-state index in [2.05, 4.69) is 5.32 Å². The minimum absolute atomic E-state index is 0.0258. The Morgan fingerprint density at radius 1 is 1.19 bits per heavy atom. The van der Waals surface area contributed by atoms with Crippen molar-refractivity contribution < 1.29 is 9.50 Å². The number of hydrogen-bond acceptors (Lipinski definition) is 2. The van der Waals surface area contributed by atoms with E-state index in [0.717, 1.165) is 17.5 Å². The van der Waals surface area contributed by atoms with Crippen LogP contribution in [0.4, 0.5) is 4.39 Å². The molecule has 2 aromatic carbocycles. The molecule has 112 valence electrons. The summed E-state index contributed by atoms with van der Waals surface area (Å²) in [6, 6.07) is 14.2. The lowest BCUT2D eigenvalue weighted by Crippen LogP contribution is -2.36.